The molecule has 0 amide bonds. The monoisotopic (exact) mass is 1300 g/mol. The third kappa shape index (κ3) is 8.96. The zero-order valence-electron chi connectivity index (χ0n) is 58.3. The minimum atomic E-state index is -0.343. The van der Waals surface area contributed by atoms with Gasteiger partial charge in [0, 0.05) is 65.3 Å². The van der Waals surface area contributed by atoms with E-state index in [1.165, 1.54) is 115 Å². The first kappa shape index (κ1) is 59.7. The summed E-state index contributed by atoms with van der Waals surface area (Å²) in [6.07, 6.45) is 12.7. The van der Waals surface area contributed by atoms with Crippen molar-refractivity contribution in [2.24, 2.45) is 9.98 Å². The van der Waals surface area contributed by atoms with E-state index in [0.29, 0.717) is 0 Å². The summed E-state index contributed by atoms with van der Waals surface area (Å²) >= 11 is 0. The SMILES string of the molecule is CC1(C)CCC(C)(C)c2cc3c(cc21)c1c2ccccc2c2ccccc2c1n3-c1cccc(C2N=c3ccccc3=C(c3ccc(C4(C)CCC(C)(C)c5cc6c7c8ccccc8ccc7n(-c7ccc(C8=NC(c9ccccc9)=C9C=CC=CC9N8)c8ccccc78)c6cc54)cc3)N2)c1. The molecule has 0 radical (unpaired) electrons. The molecule has 2 N–H and O–H groups in total. The summed E-state index contributed by atoms with van der Waals surface area (Å²) in [5, 5.41) is 25.2. The molecule has 0 saturated carbocycles. The minimum absolute atomic E-state index is 0.000239. The average Bonchev–Trinajstić information content (AvgIpc) is 1.58. The first-order valence-corrected chi connectivity index (χ1v) is 36.3. The maximum Gasteiger partial charge on any atom is 0.145 e. The predicted octanol–water partition coefficient (Wildman–Crippen LogP) is 21.6. The highest BCUT2D eigenvalue weighted by atomic mass is 15.1. The fourth-order valence-corrected chi connectivity index (χ4v) is 18.6. The Kier molecular flexibility index (Phi) is 12.9. The number of fused-ring (bicyclic) bond motifs is 18. The first-order chi connectivity index (χ1) is 49.2. The van der Waals surface area contributed by atoms with Crippen molar-refractivity contribution in [3.63, 3.8) is 0 Å². The van der Waals surface area contributed by atoms with Crippen LogP contribution in [0.1, 0.15) is 130 Å². The van der Waals surface area contributed by atoms with Crippen LogP contribution in [-0.2, 0) is 21.7 Å². The molecule has 15 aromatic rings. The summed E-state index contributed by atoms with van der Waals surface area (Å²) < 4.78 is 5.16. The third-order valence-corrected chi connectivity index (χ3v) is 24.2. The number of hydrogen-bond donors (Lipinski definition) is 2. The van der Waals surface area contributed by atoms with E-state index in [2.05, 4.69) is 341 Å². The van der Waals surface area contributed by atoms with Gasteiger partial charge in [-0.3, -0.25) is 4.99 Å². The van der Waals surface area contributed by atoms with Crippen molar-refractivity contribution in [3.8, 4) is 11.4 Å². The van der Waals surface area contributed by atoms with Gasteiger partial charge in [0.15, 0.2) is 0 Å². The largest absolute Gasteiger partial charge is 0.359 e. The van der Waals surface area contributed by atoms with E-state index in [1.54, 1.807) is 0 Å². The standard InChI is InChI=1S/C95H78N6/c1-92(2)48-49-93(3,4)77-55-83-74(54-75(77)92)86-68-34-17-14-30-64(68)65-31-15-18-35-69(65)89(86)100(83)62-28-23-27-60(52-62)90-96-79-38-21-19-36-71(79)88(98-90)59-40-43-61(44-41-59)95(7)51-50-94(5,6)76-53-73-84(56-78(76)95)101(82-46-42-57-24-11-12-29-63(57)85(73)82)81-47-45-70(66-32-13-16-33-67(66)81)91-97-80-39-22-20-37-72(80)87(99-91)58-25-9-8-10-26-58/h8-47,52-56,80,90,98H,48-51H2,1-7H3,(H,97,99). The van der Waals surface area contributed by atoms with Crippen LogP contribution in [-0.4, -0.2) is 21.0 Å². The van der Waals surface area contributed by atoms with E-state index in [4.69, 9.17) is 9.98 Å². The summed E-state index contributed by atoms with van der Waals surface area (Å²) in [5.74, 6) is 0.874. The van der Waals surface area contributed by atoms with Crippen molar-refractivity contribution < 1.29 is 0 Å². The summed E-state index contributed by atoms with van der Waals surface area (Å²) in [4.78, 5) is 11.0. The number of aromatic nitrogens is 2. The molecular weight excluding hydrogens is 1230 g/mol. The zero-order chi connectivity index (χ0) is 67.8. The quantitative estimate of drug-likeness (QED) is 0.156. The van der Waals surface area contributed by atoms with Gasteiger partial charge in [-0.2, -0.15) is 0 Å². The second-order valence-corrected chi connectivity index (χ2v) is 31.4. The van der Waals surface area contributed by atoms with E-state index in [0.717, 1.165) is 92.5 Å². The average molecular weight is 1300 g/mol. The second kappa shape index (κ2) is 21.8. The fraction of sp³-hybridized carbons (Fsp3) is 0.179. The first-order valence-electron chi connectivity index (χ1n) is 36.3. The highest BCUT2D eigenvalue weighted by Crippen LogP contribution is 2.54. The van der Waals surface area contributed by atoms with Gasteiger partial charge in [0.2, 0.25) is 0 Å². The van der Waals surface area contributed by atoms with Crippen LogP contribution in [0, 0.1) is 0 Å². The molecule has 3 unspecified atom stereocenters. The van der Waals surface area contributed by atoms with Gasteiger partial charge in [0.05, 0.1) is 50.5 Å². The molecule has 0 fully saturated rings. The normalized spacial score (nSPS) is 19.5. The molecule has 5 aliphatic rings. The molecule has 488 valence electrons. The highest BCUT2D eigenvalue weighted by molar-refractivity contribution is 6.32. The Labute approximate surface area is 588 Å². The lowest BCUT2D eigenvalue weighted by molar-refractivity contribution is 0.332. The molecule has 20 rings (SSSR count). The lowest BCUT2D eigenvalue weighted by Crippen LogP contribution is -2.39. The fourth-order valence-electron chi connectivity index (χ4n) is 18.6. The number of aliphatic imine (C=N–C) groups is 1. The highest BCUT2D eigenvalue weighted by Gasteiger charge is 2.43. The van der Waals surface area contributed by atoms with Crippen molar-refractivity contribution in [2.45, 2.75) is 108 Å². The molecular formula is C95H78N6. The molecule has 2 aliphatic heterocycles. The van der Waals surface area contributed by atoms with Crippen molar-refractivity contribution in [1.29, 1.82) is 0 Å². The number of hydrogen-bond acceptors (Lipinski definition) is 4. The number of para-hydroxylation sites is 1. The van der Waals surface area contributed by atoms with Gasteiger partial charge < -0.3 is 19.8 Å². The van der Waals surface area contributed by atoms with Crippen LogP contribution in [0.3, 0.4) is 0 Å². The van der Waals surface area contributed by atoms with Crippen molar-refractivity contribution >= 4 is 104 Å². The van der Waals surface area contributed by atoms with E-state index in [9.17, 15) is 0 Å². The topological polar surface area (TPSA) is 58.6 Å². The molecule has 3 atom stereocenters. The van der Waals surface area contributed by atoms with Crippen LogP contribution in [0.5, 0.6) is 0 Å². The van der Waals surface area contributed by atoms with E-state index >= 15 is 0 Å². The lowest BCUT2D eigenvalue weighted by atomic mass is 9.60. The molecule has 2 aromatic heterocycles. The van der Waals surface area contributed by atoms with E-state index in [-0.39, 0.29) is 33.9 Å². The Morgan fingerprint density at radius 2 is 1.05 bits per heavy atom. The van der Waals surface area contributed by atoms with Gasteiger partial charge in [-0.1, -0.05) is 261 Å². The van der Waals surface area contributed by atoms with Crippen molar-refractivity contribution in [2.75, 3.05) is 0 Å². The molecule has 101 heavy (non-hydrogen) atoms. The molecule has 0 saturated heterocycles. The Bertz CT molecular complexity index is 6380. The van der Waals surface area contributed by atoms with Crippen LogP contribution in [0.4, 0.5) is 0 Å². The van der Waals surface area contributed by atoms with Crippen LogP contribution in [0.25, 0.3) is 109 Å². The summed E-state index contributed by atoms with van der Waals surface area (Å²) in [6.45, 7) is 17.2. The molecule has 6 heteroatoms. The molecule has 3 aliphatic carbocycles. The van der Waals surface area contributed by atoms with Gasteiger partial charge in [0.25, 0.3) is 0 Å². The summed E-state index contributed by atoms with van der Waals surface area (Å²) in [5.41, 5.74) is 21.7. The van der Waals surface area contributed by atoms with Gasteiger partial charge in [-0.25, -0.2) is 4.99 Å². The summed E-state index contributed by atoms with van der Waals surface area (Å²) in [6, 6.07) is 93.8. The lowest BCUT2D eigenvalue weighted by Gasteiger charge is -2.44. The summed E-state index contributed by atoms with van der Waals surface area (Å²) in [7, 11) is 0. The Hall–Kier alpha value is -11.3. The van der Waals surface area contributed by atoms with Crippen LogP contribution >= 0.6 is 0 Å². The minimum Gasteiger partial charge on any atom is -0.359 e. The predicted molar refractivity (Wildman–Crippen MR) is 423 cm³/mol. The van der Waals surface area contributed by atoms with Gasteiger partial charge in [-0.15, -0.1) is 0 Å². The number of nitrogens with one attached hydrogen (secondary N) is 2. The number of amidine groups is 1. The van der Waals surface area contributed by atoms with Crippen LogP contribution in [0.15, 0.2) is 289 Å². The Morgan fingerprint density at radius 3 is 1.83 bits per heavy atom. The molecule has 4 heterocycles. The van der Waals surface area contributed by atoms with Crippen LogP contribution < -0.4 is 21.2 Å². The van der Waals surface area contributed by atoms with E-state index < -0.39 is 0 Å². The Balaban J connectivity index is 0.707. The molecule has 6 nitrogen and oxygen atoms in total. The molecule has 0 spiro atoms. The van der Waals surface area contributed by atoms with Gasteiger partial charge in [0.1, 0.15) is 12.0 Å². The molecule has 0 bridgehead atoms. The number of rotatable bonds is 7. The second-order valence-electron chi connectivity index (χ2n) is 31.4. The third-order valence-electron chi connectivity index (χ3n) is 24.2. The molecule has 13 aromatic carbocycles. The van der Waals surface area contributed by atoms with Crippen LogP contribution in [0.2, 0.25) is 0 Å². The number of nitrogens with zero attached hydrogens (tertiary/aromatic N) is 4. The smallest absolute Gasteiger partial charge is 0.145 e. The van der Waals surface area contributed by atoms with Crippen molar-refractivity contribution in [1.82, 2.24) is 19.8 Å². The Morgan fingerprint density at radius 1 is 0.426 bits per heavy atom. The maximum atomic E-state index is 5.56. The van der Waals surface area contributed by atoms with Gasteiger partial charge >= 0.3 is 0 Å². The zero-order valence-corrected chi connectivity index (χ0v) is 58.3. The number of benzene rings is 13. The van der Waals surface area contributed by atoms with Gasteiger partial charge in [-0.05, 0) is 174 Å². The number of allylic oxidation sites excluding steroid dienone is 2. The maximum absolute atomic E-state index is 5.56. The van der Waals surface area contributed by atoms with Crippen molar-refractivity contribution in [3.05, 3.63) is 339 Å². The van der Waals surface area contributed by atoms with E-state index in [1.807, 2.05) is 0 Å².